The molecule has 1 fully saturated rings. The van der Waals surface area contributed by atoms with Crippen LogP contribution in [0, 0.1) is 0 Å². The Hall–Kier alpha value is -0.980. The number of imide groups is 1. The quantitative estimate of drug-likeness (QED) is 0.610. The summed E-state index contributed by atoms with van der Waals surface area (Å²) in [6, 6.07) is 0. The van der Waals surface area contributed by atoms with E-state index in [0.717, 1.165) is 0 Å². The second-order valence-electron chi connectivity index (χ2n) is 4.77. The molecule has 0 spiro atoms. The lowest BCUT2D eigenvalue weighted by Gasteiger charge is -2.40. The molecule has 3 N–H and O–H groups in total. The molecule has 6 heteroatoms. The largest absolute Gasteiger partial charge is 0.376 e. The van der Waals surface area contributed by atoms with Crippen LogP contribution in [-0.4, -0.2) is 54.6 Å². The summed E-state index contributed by atoms with van der Waals surface area (Å²) in [5, 5.41) is 2.33. The van der Waals surface area contributed by atoms with Crippen molar-refractivity contribution in [2.75, 3.05) is 26.2 Å². The number of nitrogens with zero attached hydrogens (tertiary/aromatic N) is 1. The van der Waals surface area contributed by atoms with Crippen molar-refractivity contribution in [3.8, 4) is 0 Å². The van der Waals surface area contributed by atoms with Crippen LogP contribution in [0.25, 0.3) is 0 Å². The van der Waals surface area contributed by atoms with Gasteiger partial charge in [0.15, 0.2) is 0 Å². The molecule has 0 aliphatic carbocycles. The van der Waals surface area contributed by atoms with Crippen molar-refractivity contribution in [3.05, 3.63) is 0 Å². The maximum Gasteiger partial charge on any atom is 0.246 e. The molecule has 17 heavy (non-hydrogen) atoms. The number of rotatable bonds is 5. The lowest BCUT2D eigenvalue weighted by molar-refractivity contribution is -0.145. The van der Waals surface area contributed by atoms with Crippen molar-refractivity contribution in [2.24, 2.45) is 5.73 Å². The highest BCUT2D eigenvalue weighted by Crippen LogP contribution is 2.17. The van der Waals surface area contributed by atoms with Crippen molar-refractivity contribution in [2.45, 2.75) is 32.4 Å². The highest BCUT2D eigenvalue weighted by atomic mass is 16.5. The van der Waals surface area contributed by atoms with Crippen molar-refractivity contribution >= 4 is 11.8 Å². The minimum Gasteiger partial charge on any atom is -0.376 e. The molecule has 0 aromatic rings. The van der Waals surface area contributed by atoms with Gasteiger partial charge in [-0.15, -0.1) is 0 Å². The minimum absolute atomic E-state index is 0.00701. The summed E-state index contributed by atoms with van der Waals surface area (Å²) in [7, 11) is 0. The van der Waals surface area contributed by atoms with Gasteiger partial charge < -0.3 is 10.5 Å². The van der Waals surface area contributed by atoms with Crippen LogP contribution < -0.4 is 11.1 Å². The predicted octanol–water partition coefficient (Wildman–Crippen LogP) is -0.913. The van der Waals surface area contributed by atoms with E-state index in [0.29, 0.717) is 19.7 Å². The van der Waals surface area contributed by atoms with Crippen LogP contribution in [0.5, 0.6) is 0 Å². The average molecular weight is 243 g/mol. The Kier molecular flexibility index (Phi) is 4.62. The van der Waals surface area contributed by atoms with Crippen LogP contribution in [0.1, 0.15) is 20.8 Å². The first-order valence-corrected chi connectivity index (χ1v) is 5.79. The molecule has 1 heterocycles. The predicted molar refractivity (Wildman–Crippen MR) is 63.3 cm³/mol. The zero-order chi connectivity index (χ0) is 13.1. The summed E-state index contributed by atoms with van der Waals surface area (Å²) in [5.41, 5.74) is 4.75. The fourth-order valence-electron chi connectivity index (χ4n) is 1.62. The van der Waals surface area contributed by atoms with Gasteiger partial charge in [0.2, 0.25) is 11.8 Å². The molecule has 1 aliphatic rings. The molecule has 1 aliphatic heterocycles. The fraction of sp³-hybridized carbons (Fsp3) is 0.818. The molecule has 2 amide bonds. The van der Waals surface area contributed by atoms with Crippen LogP contribution in [0.2, 0.25) is 0 Å². The number of carbonyl (C=O) groups is 2. The first kappa shape index (κ1) is 14.1. The smallest absolute Gasteiger partial charge is 0.246 e. The van der Waals surface area contributed by atoms with Gasteiger partial charge in [0.05, 0.1) is 24.8 Å². The van der Waals surface area contributed by atoms with Gasteiger partial charge in [0, 0.05) is 13.1 Å². The number of nitrogens with two attached hydrogens (primary N) is 1. The standard InChI is InChI=1S/C11H21N3O3/c1-8(6-12)17-5-4-14-7-9(15)13-10(16)11(14,2)3/h8H,4-7,12H2,1-3H3,(H,13,15,16). The van der Waals surface area contributed by atoms with Crippen LogP contribution in [-0.2, 0) is 14.3 Å². The van der Waals surface area contributed by atoms with Crippen molar-refractivity contribution in [3.63, 3.8) is 0 Å². The van der Waals surface area contributed by atoms with Gasteiger partial charge in [-0.25, -0.2) is 0 Å². The second kappa shape index (κ2) is 5.57. The van der Waals surface area contributed by atoms with E-state index in [-0.39, 0.29) is 24.5 Å². The molecule has 1 unspecified atom stereocenters. The number of ether oxygens (including phenoxy) is 1. The van der Waals surface area contributed by atoms with E-state index in [2.05, 4.69) is 5.32 Å². The topological polar surface area (TPSA) is 84.7 Å². The summed E-state index contributed by atoms with van der Waals surface area (Å²) < 4.78 is 5.45. The Labute approximate surface area is 101 Å². The first-order chi connectivity index (χ1) is 7.87. The molecule has 1 atom stereocenters. The Morgan fingerprint density at radius 1 is 1.53 bits per heavy atom. The Bertz CT molecular complexity index is 304. The van der Waals surface area contributed by atoms with E-state index in [1.165, 1.54) is 0 Å². The number of hydrogen-bond acceptors (Lipinski definition) is 5. The minimum atomic E-state index is -0.677. The van der Waals surface area contributed by atoms with Gasteiger partial charge in [-0.3, -0.25) is 19.8 Å². The maximum atomic E-state index is 11.7. The molecule has 0 aromatic heterocycles. The maximum absolute atomic E-state index is 11.7. The number of carbonyl (C=O) groups excluding carboxylic acids is 2. The Morgan fingerprint density at radius 2 is 2.18 bits per heavy atom. The van der Waals surface area contributed by atoms with Gasteiger partial charge in [-0.2, -0.15) is 0 Å². The third-order valence-electron chi connectivity index (χ3n) is 3.03. The molecular formula is C11H21N3O3. The summed E-state index contributed by atoms with van der Waals surface area (Å²) in [6.45, 7) is 7.16. The molecule has 0 bridgehead atoms. The third kappa shape index (κ3) is 3.49. The first-order valence-electron chi connectivity index (χ1n) is 5.79. The average Bonchev–Trinajstić information content (AvgIpc) is 2.25. The lowest BCUT2D eigenvalue weighted by Crippen LogP contribution is -2.64. The third-order valence-corrected chi connectivity index (χ3v) is 3.03. The van der Waals surface area contributed by atoms with Crippen molar-refractivity contribution in [1.29, 1.82) is 0 Å². The van der Waals surface area contributed by atoms with E-state index in [9.17, 15) is 9.59 Å². The SMILES string of the molecule is CC(CN)OCCN1CC(=O)NC(=O)C1(C)C. The summed E-state index contributed by atoms with van der Waals surface area (Å²) in [5.74, 6) is -0.526. The highest BCUT2D eigenvalue weighted by Gasteiger charge is 2.40. The fourth-order valence-corrected chi connectivity index (χ4v) is 1.62. The number of amides is 2. The highest BCUT2D eigenvalue weighted by molar-refractivity contribution is 6.02. The van der Waals surface area contributed by atoms with E-state index < -0.39 is 5.54 Å². The van der Waals surface area contributed by atoms with E-state index in [4.69, 9.17) is 10.5 Å². The van der Waals surface area contributed by atoms with Crippen molar-refractivity contribution < 1.29 is 14.3 Å². The number of piperazine rings is 1. The molecule has 6 nitrogen and oxygen atoms in total. The monoisotopic (exact) mass is 243 g/mol. The molecule has 1 rings (SSSR count). The molecule has 1 saturated heterocycles. The zero-order valence-corrected chi connectivity index (χ0v) is 10.7. The molecule has 0 radical (unpaired) electrons. The molecular weight excluding hydrogens is 222 g/mol. The lowest BCUT2D eigenvalue weighted by atomic mass is 9.99. The Morgan fingerprint density at radius 3 is 2.76 bits per heavy atom. The van der Waals surface area contributed by atoms with Gasteiger partial charge >= 0.3 is 0 Å². The summed E-state index contributed by atoms with van der Waals surface area (Å²) in [6.07, 6.45) is -0.00701. The van der Waals surface area contributed by atoms with Crippen LogP contribution in [0.15, 0.2) is 0 Å². The molecule has 0 saturated carbocycles. The van der Waals surface area contributed by atoms with Crippen molar-refractivity contribution in [1.82, 2.24) is 10.2 Å². The van der Waals surface area contributed by atoms with Crippen LogP contribution >= 0.6 is 0 Å². The van der Waals surface area contributed by atoms with Gasteiger partial charge in [-0.05, 0) is 20.8 Å². The summed E-state index contributed by atoms with van der Waals surface area (Å²) in [4.78, 5) is 24.8. The summed E-state index contributed by atoms with van der Waals surface area (Å²) >= 11 is 0. The van der Waals surface area contributed by atoms with Gasteiger partial charge in [0.25, 0.3) is 0 Å². The second-order valence-corrected chi connectivity index (χ2v) is 4.77. The molecule has 0 aromatic carbocycles. The Balaban J connectivity index is 2.50. The van der Waals surface area contributed by atoms with Crippen LogP contribution in [0.4, 0.5) is 0 Å². The van der Waals surface area contributed by atoms with E-state index in [1.54, 1.807) is 13.8 Å². The van der Waals surface area contributed by atoms with E-state index >= 15 is 0 Å². The number of hydrogen-bond donors (Lipinski definition) is 2. The number of nitrogens with one attached hydrogen (secondary N) is 1. The van der Waals surface area contributed by atoms with Gasteiger partial charge in [0.1, 0.15) is 0 Å². The molecule has 98 valence electrons. The normalized spacial score (nSPS) is 22.4. The van der Waals surface area contributed by atoms with Crippen LogP contribution in [0.3, 0.4) is 0 Å². The van der Waals surface area contributed by atoms with Gasteiger partial charge in [-0.1, -0.05) is 0 Å². The zero-order valence-electron chi connectivity index (χ0n) is 10.7. The van der Waals surface area contributed by atoms with E-state index in [1.807, 2.05) is 11.8 Å².